The molecule has 4 aromatic rings. The number of nitrogens with one attached hydrogen (secondary N) is 5. The summed E-state index contributed by atoms with van der Waals surface area (Å²) in [5.74, 6) is -3.14. The Morgan fingerprint density at radius 1 is 0.600 bits per heavy atom. The van der Waals surface area contributed by atoms with Gasteiger partial charge in [-0.3, -0.25) is 28.8 Å². The molecule has 0 saturated carbocycles. The van der Waals surface area contributed by atoms with Gasteiger partial charge < -0.3 is 41.2 Å². The van der Waals surface area contributed by atoms with Crippen LogP contribution < -0.4 is 21.3 Å². The zero-order valence-electron chi connectivity index (χ0n) is 30.3. The van der Waals surface area contributed by atoms with E-state index in [1.54, 1.807) is 18.3 Å². The monoisotopic (exact) mass is 747 g/mol. The average molecular weight is 748 g/mol. The molecule has 3 fully saturated rings. The van der Waals surface area contributed by atoms with Crippen molar-refractivity contribution in [1.29, 1.82) is 0 Å². The van der Waals surface area contributed by atoms with Gasteiger partial charge in [-0.2, -0.15) is 0 Å². The van der Waals surface area contributed by atoms with Gasteiger partial charge in [-0.1, -0.05) is 60.7 Å². The molecule has 3 aromatic carbocycles. The Labute approximate surface area is 318 Å². The van der Waals surface area contributed by atoms with Gasteiger partial charge in [-0.25, -0.2) is 0 Å². The fraction of sp³-hybridized carbons (Fsp3) is 0.366. The van der Waals surface area contributed by atoms with Gasteiger partial charge in [-0.15, -0.1) is 0 Å². The Morgan fingerprint density at radius 2 is 1.18 bits per heavy atom. The smallest absolute Gasteiger partial charge is 0.246 e. The summed E-state index contributed by atoms with van der Waals surface area (Å²) in [4.78, 5) is 90.4. The number of fused-ring (bicyclic) bond motifs is 3. The zero-order valence-corrected chi connectivity index (χ0v) is 30.3. The largest absolute Gasteiger partial charge is 0.508 e. The van der Waals surface area contributed by atoms with Crippen molar-refractivity contribution in [3.05, 3.63) is 102 Å². The van der Waals surface area contributed by atoms with E-state index >= 15 is 0 Å². The Morgan fingerprint density at radius 3 is 1.89 bits per heavy atom. The SMILES string of the molecule is O=C1CNC(=O)[C@@H]2CCCN2C(=O)[C@H](Cc2c[nH]c3ccccc23)NC(=O)[C@@H]2CCCN2C(=O)C(Cc2ccc(O)cc2)NC(=O)[C@H](Cc2ccccc2)N1. The Kier molecular flexibility index (Phi) is 11.1. The normalized spacial score (nSPS) is 24.3. The summed E-state index contributed by atoms with van der Waals surface area (Å²) < 4.78 is 0. The first-order valence-corrected chi connectivity index (χ1v) is 18.8. The number of aromatic amines is 1. The van der Waals surface area contributed by atoms with Crippen molar-refractivity contribution in [2.24, 2.45) is 0 Å². The number of rotatable bonds is 6. The third-order valence-corrected chi connectivity index (χ3v) is 10.7. The molecular weight excluding hydrogens is 702 g/mol. The summed E-state index contributed by atoms with van der Waals surface area (Å²) in [7, 11) is 0. The second kappa shape index (κ2) is 16.5. The van der Waals surface area contributed by atoms with Crippen LogP contribution in [0, 0.1) is 0 Å². The van der Waals surface area contributed by atoms with E-state index in [0.717, 1.165) is 22.0 Å². The molecule has 0 spiro atoms. The van der Waals surface area contributed by atoms with Crippen molar-refractivity contribution < 1.29 is 33.9 Å². The molecule has 3 aliphatic heterocycles. The minimum absolute atomic E-state index is 0.0369. The molecule has 6 N–H and O–H groups in total. The first kappa shape index (κ1) is 37.1. The van der Waals surface area contributed by atoms with E-state index in [9.17, 15) is 33.9 Å². The van der Waals surface area contributed by atoms with Crippen LogP contribution in [0.25, 0.3) is 10.9 Å². The summed E-state index contributed by atoms with van der Waals surface area (Å²) in [6.07, 6.45) is 3.86. The van der Waals surface area contributed by atoms with Crippen LogP contribution in [0.3, 0.4) is 0 Å². The first-order valence-electron chi connectivity index (χ1n) is 18.8. The number of H-pyrrole nitrogens is 1. The topological polar surface area (TPSA) is 193 Å². The molecule has 4 heterocycles. The van der Waals surface area contributed by atoms with Crippen LogP contribution >= 0.6 is 0 Å². The number of amides is 6. The summed E-state index contributed by atoms with van der Waals surface area (Å²) in [6, 6.07) is 17.9. The molecule has 7 rings (SSSR count). The van der Waals surface area contributed by atoms with Crippen molar-refractivity contribution in [2.45, 2.75) is 75.2 Å². The molecular formula is C41H45N7O7. The molecule has 14 nitrogen and oxygen atoms in total. The van der Waals surface area contributed by atoms with E-state index in [4.69, 9.17) is 0 Å². The number of hydrogen-bond acceptors (Lipinski definition) is 7. The third kappa shape index (κ3) is 8.48. The fourth-order valence-electron chi connectivity index (χ4n) is 7.92. The van der Waals surface area contributed by atoms with E-state index in [2.05, 4.69) is 26.3 Å². The second-order valence-corrected chi connectivity index (χ2v) is 14.5. The number of hydrogen-bond donors (Lipinski definition) is 6. The molecule has 0 aliphatic carbocycles. The first-order chi connectivity index (χ1) is 26.6. The molecule has 3 saturated heterocycles. The maximum atomic E-state index is 14.5. The number of carbonyl (C=O) groups excluding carboxylic acids is 6. The average Bonchev–Trinajstić information content (AvgIpc) is 3.97. The number of phenolic OH excluding ortho intramolecular Hbond substituents is 1. The van der Waals surface area contributed by atoms with Gasteiger partial charge >= 0.3 is 0 Å². The Bertz CT molecular complexity index is 2070. The van der Waals surface area contributed by atoms with Gasteiger partial charge in [0.05, 0.1) is 6.54 Å². The standard InChI is InChI=1S/C41H45N7O7/c49-28-16-14-26(15-17-28)21-32-40(54)48-19-7-13-35(48)39(53)46-33(22-27-23-42-30-11-5-4-10-29(27)30)41(55)47-18-6-12-34(47)38(52)43-24-36(50)44-31(37(51)45-32)20-25-8-2-1-3-9-25/h1-5,8-11,14-17,23,31-35,42,49H,6-7,12-13,18-22,24H2,(H,43,52)(H,44,50)(H,45,51)(H,46,53)/t31-,32?,33-,34-,35-/m0/s1. The van der Waals surface area contributed by atoms with Crippen molar-refractivity contribution in [3.63, 3.8) is 0 Å². The van der Waals surface area contributed by atoms with E-state index < -0.39 is 72.2 Å². The highest BCUT2D eigenvalue weighted by molar-refractivity contribution is 5.98. The van der Waals surface area contributed by atoms with E-state index in [1.165, 1.54) is 21.9 Å². The lowest BCUT2D eigenvalue weighted by Crippen LogP contribution is -2.60. The van der Waals surface area contributed by atoms with Crippen LogP contribution in [0.4, 0.5) is 0 Å². The Balaban J connectivity index is 1.23. The van der Waals surface area contributed by atoms with Gasteiger partial charge in [0.2, 0.25) is 35.4 Å². The van der Waals surface area contributed by atoms with Gasteiger partial charge in [0.15, 0.2) is 0 Å². The summed E-state index contributed by atoms with van der Waals surface area (Å²) in [6.45, 7) is 0.0882. The molecule has 0 radical (unpaired) electrons. The van der Waals surface area contributed by atoms with Gasteiger partial charge in [0.25, 0.3) is 0 Å². The molecule has 55 heavy (non-hydrogen) atoms. The number of phenols is 1. The lowest BCUT2D eigenvalue weighted by molar-refractivity contribution is -0.144. The number of nitrogens with zero attached hydrogens (tertiary/aromatic N) is 2. The summed E-state index contributed by atoms with van der Waals surface area (Å²) in [5, 5.41) is 22.0. The lowest BCUT2D eigenvalue weighted by atomic mass is 10.0. The molecule has 5 atom stereocenters. The zero-order chi connectivity index (χ0) is 38.5. The van der Waals surface area contributed by atoms with Crippen molar-refractivity contribution in [2.75, 3.05) is 19.6 Å². The van der Waals surface area contributed by atoms with Gasteiger partial charge in [-0.05, 0) is 60.6 Å². The minimum atomic E-state index is -1.15. The molecule has 286 valence electrons. The molecule has 14 heteroatoms. The number of carbonyl (C=O) groups is 6. The van der Waals surface area contributed by atoms with Crippen LogP contribution in [-0.4, -0.2) is 105 Å². The van der Waals surface area contributed by atoms with Gasteiger partial charge in [0, 0.05) is 49.5 Å². The highest BCUT2D eigenvalue weighted by Crippen LogP contribution is 2.25. The molecule has 0 bridgehead atoms. The van der Waals surface area contributed by atoms with Crippen LogP contribution in [0.15, 0.2) is 85.1 Å². The maximum absolute atomic E-state index is 14.5. The van der Waals surface area contributed by atoms with E-state index in [-0.39, 0.29) is 38.1 Å². The van der Waals surface area contributed by atoms with Crippen molar-refractivity contribution in [1.82, 2.24) is 36.1 Å². The van der Waals surface area contributed by atoms with Crippen molar-refractivity contribution in [3.8, 4) is 5.75 Å². The maximum Gasteiger partial charge on any atom is 0.246 e. The van der Waals surface area contributed by atoms with E-state index in [1.807, 2.05) is 54.6 Å². The predicted molar refractivity (Wildman–Crippen MR) is 202 cm³/mol. The van der Waals surface area contributed by atoms with Crippen LogP contribution in [0.2, 0.25) is 0 Å². The van der Waals surface area contributed by atoms with E-state index in [0.29, 0.717) is 31.2 Å². The minimum Gasteiger partial charge on any atom is -0.508 e. The highest BCUT2D eigenvalue weighted by Gasteiger charge is 2.42. The molecule has 1 unspecified atom stereocenters. The third-order valence-electron chi connectivity index (χ3n) is 10.7. The molecule has 3 aliphatic rings. The number of aromatic hydroxyl groups is 1. The number of para-hydroxylation sites is 1. The van der Waals surface area contributed by atoms with Crippen LogP contribution in [0.5, 0.6) is 5.75 Å². The summed E-state index contributed by atoms with van der Waals surface area (Å²) >= 11 is 0. The Hall–Kier alpha value is -6.18. The van der Waals surface area contributed by atoms with Crippen molar-refractivity contribution >= 4 is 46.3 Å². The molecule has 6 amide bonds. The van der Waals surface area contributed by atoms with Gasteiger partial charge in [0.1, 0.15) is 36.0 Å². The highest BCUT2D eigenvalue weighted by atomic mass is 16.3. The lowest BCUT2D eigenvalue weighted by Gasteiger charge is -2.32. The number of benzene rings is 3. The summed E-state index contributed by atoms with van der Waals surface area (Å²) in [5.41, 5.74) is 3.08. The van der Waals surface area contributed by atoms with Crippen LogP contribution in [0.1, 0.15) is 42.4 Å². The second-order valence-electron chi connectivity index (χ2n) is 14.5. The molecule has 1 aromatic heterocycles. The number of aromatic nitrogens is 1. The fourth-order valence-corrected chi connectivity index (χ4v) is 7.92. The predicted octanol–water partition coefficient (Wildman–Crippen LogP) is 1.47. The van der Waals surface area contributed by atoms with Crippen LogP contribution in [-0.2, 0) is 48.0 Å². The quantitative estimate of drug-likeness (QED) is 0.172.